The Kier molecular flexibility index (Phi) is 4.86. The van der Waals surface area contributed by atoms with Gasteiger partial charge < -0.3 is 15.2 Å². The van der Waals surface area contributed by atoms with E-state index >= 15 is 0 Å². The minimum Gasteiger partial charge on any atom is -0.355 e. The van der Waals surface area contributed by atoms with Crippen LogP contribution in [0.15, 0.2) is 67.0 Å². The topological polar surface area (TPSA) is 63.1 Å². The number of benzene rings is 2. The molecule has 0 bridgehead atoms. The molecule has 0 aliphatic heterocycles. The highest BCUT2D eigenvalue weighted by molar-refractivity contribution is 6.34. The van der Waals surface area contributed by atoms with Crippen LogP contribution in [0.2, 0.25) is 5.02 Å². The summed E-state index contributed by atoms with van der Waals surface area (Å²) in [7, 11) is 1.52. The average Bonchev–Trinajstić information content (AvgIpc) is 3.17. The van der Waals surface area contributed by atoms with Gasteiger partial charge in [0.2, 0.25) is 0 Å². The van der Waals surface area contributed by atoms with Gasteiger partial charge in [0.05, 0.1) is 10.6 Å². The Bertz CT molecular complexity index is 903. The Balaban J connectivity index is 1.77. The molecule has 6 heteroatoms. The molecule has 0 atom stereocenters. The summed E-state index contributed by atoms with van der Waals surface area (Å²) in [6.45, 7) is 0. The van der Waals surface area contributed by atoms with Gasteiger partial charge in [-0.2, -0.15) is 0 Å². The number of carbonyl (C=O) groups is 2. The first-order valence-corrected chi connectivity index (χ1v) is 8.02. The summed E-state index contributed by atoms with van der Waals surface area (Å²) in [4.78, 5) is 24.2. The van der Waals surface area contributed by atoms with E-state index in [0.29, 0.717) is 21.8 Å². The highest BCUT2D eigenvalue weighted by Gasteiger charge is 2.12. The predicted molar refractivity (Wildman–Crippen MR) is 98.6 cm³/mol. The van der Waals surface area contributed by atoms with Crippen molar-refractivity contribution >= 4 is 29.1 Å². The molecule has 1 aromatic heterocycles. The lowest BCUT2D eigenvalue weighted by Crippen LogP contribution is -2.19. The van der Waals surface area contributed by atoms with E-state index in [2.05, 4.69) is 10.6 Å². The molecule has 2 N–H and O–H groups in total. The normalized spacial score (nSPS) is 10.3. The van der Waals surface area contributed by atoms with E-state index in [1.807, 2.05) is 41.2 Å². The maximum Gasteiger partial charge on any atom is 0.255 e. The van der Waals surface area contributed by atoms with Gasteiger partial charge in [0.1, 0.15) is 0 Å². The molecule has 2 aromatic carbocycles. The summed E-state index contributed by atoms with van der Waals surface area (Å²) < 4.78 is 1.95. The van der Waals surface area contributed by atoms with Crippen molar-refractivity contribution in [1.82, 2.24) is 9.88 Å². The zero-order valence-electron chi connectivity index (χ0n) is 13.5. The van der Waals surface area contributed by atoms with Crippen molar-refractivity contribution in [2.75, 3.05) is 12.4 Å². The molecule has 0 spiro atoms. The van der Waals surface area contributed by atoms with Gasteiger partial charge in [-0.1, -0.05) is 11.6 Å². The lowest BCUT2D eigenvalue weighted by Gasteiger charge is -2.09. The first-order chi connectivity index (χ1) is 12.1. The van der Waals surface area contributed by atoms with Crippen LogP contribution >= 0.6 is 11.6 Å². The molecule has 1 heterocycles. The van der Waals surface area contributed by atoms with Crippen LogP contribution in [0, 0.1) is 0 Å². The van der Waals surface area contributed by atoms with Gasteiger partial charge in [0.15, 0.2) is 0 Å². The molecule has 0 unspecified atom stereocenters. The third-order valence-corrected chi connectivity index (χ3v) is 4.06. The van der Waals surface area contributed by atoms with Crippen LogP contribution in [-0.2, 0) is 0 Å². The second-order valence-corrected chi connectivity index (χ2v) is 5.77. The molecule has 0 saturated heterocycles. The highest BCUT2D eigenvalue weighted by atomic mass is 35.5. The number of anilines is 1. The number of aromatic nitrogens is 1. The third-order valence-electron chi connectivity index (χ3n) is 3.73. The van der Waals surface area contributed by atoms with E-state index in [1.165, 1.54) is 7.05 Å². The van der Waals surface area contributed by atoms with Crippen molar-refractivity contribution in [2.45, 2.75) is 0 Å². The van der Waals surface area contributed by atoms with Crippen molar-refractivity contribution in [3.05, 3.63) is 83.1 Å². The Morgan fingerprint density at radius 1 is 0.960 bits per heavy atom. The number of rotatable bonds is 4. The standard InChI is InChI=1S/C19H16ClN3O2/c1-21-19(25)16-12-14(6-9-17(16)20)22-18(24)13-4-7-15(8-5-13)23-10-2-3-11-23/h2-12H,1H3,(H,21,25)(H,22,24). The van der Waals surface area contributed by atoms with Crippen molar-refractivity contribution in [2.24, 2.45) is 0 Å². The van der Waals surface area contributed by atoms with E-state index in [4.69, 9.17) is 11.6 Å². The van der Waals surface area contributed by atoms with Gasteiger partial charge in [-0.25, -0.2) is 0 Å². The van der Waals surface area contributed by atoms with Gasteiger partial charge in [0.25, 0.3) is 11.8 Å². The third kappa shape index (κ3) is 3.72. The van der Waals surface area contributed by atoms with E-state index < -0.39 is 0 Å². The summed E-state index contributed by atoms with van der Waals surface area (Å²) >= 11 is 6.01. The Morgan fingerprint density at radius 2 is 1.64 bits per heavy atom. The van der Waals surface area contributed by atoms with Crippen LogP contribution in [0.25, 0.3) is 5.69 Å². The summed E-state index contributed by atoms with van der Waals surface area (Å²) in [5, 5.41) is 5.62. The minimum atomic E-state index is -0.308. The summed E-state index contributed by atoms with van der Waals surface area (Å²) in [5.74, 6) is -0.568. The molecule has 0 aliphatic carbocycles. The van der Waals surface area contributed by atoms with Crippen LogP contribution in [0.3, 0.4) is 0 Å². The van der Waals surface area contributed by atoms with E-state index in [1.54, 1.807) is 30.3 Å². The highest BCUT2D eigenvalue weighted by Crippen LogP contribution is 2.21. The number of carbonyl (C=O) groups excluding carboxylic acids is 2. The zero-order chi connectivity index (χ0) is 17.8. The molecule has 126 valence electrons. The summed E-state index contributed by atoms with van der Waals surface area (Å²) in [5.41, 5.74) is 2.30. The van der Waals surface area contributed by atoms with E-state index in [-0.39, 0.29) is 11.8 Å². The summed E-state index contributed by atoms with van der Waals surface area (Å²) in [6, 6.07) is 15.9. The molecule has 25 heavy (non-hydrogen) atoms. The van der Waals surface area contributed by atoms with E-state index in [0.717, 1.165) is 5.69 Å². The number of hydrogen-bond acceptors (Lipinski definition) is 2. The molecule has 0 saturated carbocycles. The Hall–Kier alpha value is -3.05. The Morgan fingerprint density at radius 3 is 2.28 bits per heavy atom. The number of nitrogens with zero attached hydrogens (tertiary/aromatic N) is 1. The number of halogens is 1. The lowest BCUT2D eigenvalue weighted by molar-refractivity contribution is 0.0961. The van der Waals surface area contributed by atoms with Crippen molar-refractivity contribution in [3.8, 4) is 5.69 Å². The number of nitrogens with one attached hydrogen (secondary N) is 2. The molecule has 0 fully saturated rings. The minimum absolute atomic E-state index is 0.260. The molecule has 5 nitrogen and oxygen atoms in total. The van der Waals surface area contributed by atoms with Gasteiger partial charge in [0, 0.05) is 36.4 Å². The van der Waals surface area contributed by atoms with Gasteiger partial charge in [-0.15, -0.1) is 0 Å². The number of hydrogen-bond donors (Lipinski definition) is 2. The quantitative estimate of drug-likeness (QED) is 0.750. The largest absolute Gasteiger partial charge is 0.355 e. The van der Waals surface area contributed by atoms with Crippen molar-refractivity contribution in [1.29, 1.82) is 0 Å². The van der Waals surface area contributed by atoms with Crippen LogP contribution in [-0.4, -0.2) is 23.4 Å². The SMILES string of the molecule is CNC(=O)c1cc(NC(=O)c2ccc(-n3cccc3)cc2)ccc1Cl. The maximum atomic E-state index is 12.4. The lowest BCUT2D eigenvalue weighted by atomic mass is 10.1. The second kappa shape index (κ2) is 7.23. The van der Waals surface area contributed by atoms with Gasteiger partial charge in [-0.05, 0) is 54.6 Å². The number of amides is 2. The summed E-state index contributed by atoms with van der Waals surface area (Å²) in [6.07, 6.45) is 3.87. The molecular formula is C19H16ClN3O2. The van der Waals surface area contributed by atoms with Gasteiger partial charge in [-0.3, -0.25) is 9.59 Å². The first-order valence-electron chi connectivity index (χ1n) is 7.65. The molecule has 3 aromatic rings. The zero-order valence-corrected chi connectivity index (χ0v) is 14.2. The van der Waals surface area contributed by atoms with Crippen LogP contribution in [0.1, 0.15) is 20.7 Å². The molecule has 3 rings (SSSR count). The van der Waals surface area contributed by atoms with Crippen molar-refractivity contribution in [3.63, 3.8) is 0 Å². The van der Waals surface area contributed by atoms with E-state index in [9.17, 15) is 9.59 Å². The average molecular weight is 354 g/mol. The van der Waals surface area contributed by atoms with Crippen LogP contribution < -0.4 is 10.6 Å². The monoisotopic (exact) mass is 353 g/mol. The molecule has 2 amide bonds. The maximum absolute atomic E-state index is 12.4. The van der Waals surface area contributed by atoms with Gasteiger partial charge >= 0.3 is 0 Å². The first kappa shape index (κ1) is 16.8. The smallest absolute Gasteiger partial charge is 0.255 e. The predicted octanol–water partition coefficient (Wildman–Crippen LogP) is 3.74. The second-order valence-electron chi connectivity index (χ2n) is 5.37. The Labute approximate surface area is 150 Å². The molecular weight excluding hydrogens is 338 g/mol. The van der Waals surface area contributed by atoms with Crippen molar-refractivity contribution < 1.29 is 9.59 Å². The van der Waals surface area contributed by atoms with Crippen LogP contribution in [0.5, 0.6) is 0 Å². The fourth-order valence-corrected chi connectivity index (χ4v) is 2.61. The molecule has 0 radical (unpaired) electrons. The fourth-order valence-electron chi connectivity index (χ4n) is 2.41. The van der Waals surface area contributed by atoms with Crippen LogP contribution in [0.4, 0.5) is 5.69 Å². The molecule has 0 aliphatic rings. The fraction of sp³-hybridized carbons (Fsp3) is 0.0526.